The van der Waals surface area contributed by atoms with E-state index in [0.29, 0.717) is 12.2 Å². The highest BCUT2D eigenvalue weighted by atomic mass is 16.3. The van der Waals surface area contributed by atoms with Gasteiger partial charge in [-0.3, -0.25) is 4.98 Å². The van der Waals surface area contributed by atoms with Crippen LogP contribution in [0.5, 0.6) is 0 Å². The first-order valence-electron chi connectivity index (χ1n) is 6.85. The maximum absolute atomic E-state index is 10.2. The summed E-state index contributed by atoms with van der Waals surface area (Å²) in [5.41, 5.74) is 8.55. The number of nitrogens with zero attached hydrogens (tertiary/aromatic N) is 1. The van der Waals surface area contributed by atoms with Crippen molar-refractivity contribution in [1.82, 2.24) is 4.98 Å². The van der Waals surface area contributed by atoms with Crippen LogP contribution in [0.4, 0.5) is 11.4 Å². The van der Waals surface area contributed by atoms with Crippen LogP contribution in [0.15, 0.2) is 60.9 Å². The molecule has 4 N–H and O–H groups in total. The molecule has 0 fully saturated rings. The molecule has 106 valence electrons. The van der Waals surface area contributed by atoms with E-state index < -0.39 is 6.10 Å². The summed E-state index contributed by atoms with van der Waals surface area (Å²) in [7, 11) is 0. The molecule has 0 spiro atoms. The van der Waals surface area contributed by atoms with E-state index in [2.05, 4.69) is 10.3 Å². The van der Waals surface area contributed by atoms with Gasteiger partial charge in [-0.15, -0.1) is 0 Å². The van der Waals surface area contributed by atoms with Gasteiger partial charge in [-0.05, 0) is 17.7 Å². The van der Waals surface area contributed by atoms with Crippen LogP contribution in [-0.2, 0) is 0 Å². The van der Waals surface area contributed by atoms with Crippen molar-refractivity contribution in [1.29, 1.82) is 0 Å². The number of nitrogen functional groups attached to an aromatic ring is 1. The second kappa shape index (κ2) is 5.81. The van der Waals surface area contributed by atoms with Crippen LogP contribution in [0.1, 0.15) is 11.7 Å². The smallest absolute Gasteiger partial charge is 0.0962 e. The van der Waals surface area contributed by atoms with Gasteiger partial charge in [0, 0.05) is 29.7 Å². The Balaban J connectivity index is 1.78. The number of hydrogen-bond donors (Lipinski definition) is 3. The quantitative estimate of drug-likeness (QED) is 0.642. The Kier molecular flexibility index (Phi) is 3.71. The molecule has 1 atom stereocenters. The van der Waals surface area contributed by atoms with Crippen LogP contribution in [0.25, 0.3) is 10.8 Å². The van der Waals surface area contributed by atoms with Crippen molar-refractivity contribution in [2.24, 2.45) is 0 Å². The second-order valence-corrected chi connectivity index (χ2v) is 4.93. The average Bonchev–Trinajstić information content (AvgIpc) is 2.55. The topological polar surface area (TPSA) is 71.2 Å². The van der Waals surface area contributed by atoms with Gasteiger partial charge in [-0.1, -0.05) is 36.4 Å². The molecule has 0 saturated heterocycles. The predicted octanol–water partition coefficient (Wildman–Crippen LogP) is 2.96. The largest absolute Gasteiger partial charge is 0.397 e. The Morgan fingerprint density at radius 2 is 1.90 bits per heavy atom. The van der Waals surface area contributed by atoms with Gasteiger partial charge in [-0.25, -0.2) is 0 Å². The van der Waals surface area contributed by atoms with E-state index in [0.717, 1.165) is 22.0 Å². The molecule has 2 aromatic carbocycles. The normalized spacial score (nSPS) is 12.2. The molecule has 0 saturated carbocycles. The van der Waals surface area contributed by atoms with Gasteiger partial charge in [0.05, 0.1) is 17.5 Å². The maximum Gasteiger partial charge on any atom is 0.0962 e. The molecule has 3 rings (SSSR count). The predicted molar refractivity (Wildman–Crippen MR) is 86.0 cm³/mol. The van der Waals surface area contributed by atoms with Gasteiger partial charge in [-0.2, -0.15) is 0 Å². The van der Waals surface area contributed by atoms with E-state index in [1.54, 1.807) is 12.4 Å². The van der Waals surface area contributed by atoms with Crippen LogP contribution in [0, 0.1) is 0 Å². The fourth-order valence-electron chi connectivity index (χ4n) is 2.35. The van der Waals surface area contributed by atoms with E-state index >= 15 is 0 Å². The molecule has 0 bridgehead atoms. The molecule has 1 aromatic heterocycles. The first-order chi connectivity index (χ1) is 10.3. The third kappa shape index (κ3) is 2.80. The number of fused-ring (bicyclic) bond motifs is 1. The number of pyridine rings is 1. The van der Waals surface area contributed by atoms with Crippen molar-refractivity contribution in [3.05, 3.63) is 66.5 Å². The lowest BCUT2D eigenvalue weighted by molar-refractivity contribution is 0.191. The monoisotopic (exact) mass is 279 g/mol. The number of benzene rings is 2. The molecule has 0 aliphatic heterocycles. The lowest BCUT2D eigenvalue weighted by atomic mass is 10.1. The third-order valence-electron chi connectivity index (χ3n) is 3.53. The number of hydrogen-bond acceptors (Lipinski definition) is 4. The van der Waals surface area contributed by atoms with Crippen LogP contribution in [0.3, 0.4) is 0 Å². The molecule has 4 nitrogen and oxygen atoms in total. The second-order valence-electron chi connectivity index (χ2n) is 4.93. The summed E-state index contributed by atoms with van der Waals surface area (Å²) in [5, 5.41) is 15.3. The molecule has 0 aliphatic carbocycles. The van der Waals surface area contributed by atoms with Crippen LogP contribution in [0.2, 0.25) is 0 Å². The van der Waals surface area contributed by atoms with Crippen LogP contribution >= 0.6 is 0 Å². The SMILES string of the molecule is Nc1c(NCC(O)c2ccccc2)ccc2cnccc12. The van der Waals surface area contributed by atoms with Gasteiger partial charge in [0.2, 0.25) is 0 Å². The van der Waals surface area contributed by atoms with Crippen molar-refractivity contribution in [2.45, 2.75) is 6.10 Å². The van der Waals surface area contributed by atoms with Crippen molar-refractivity contribution in [3.8, 4) is 0 Å². The molecular formula is C17H17N3O. The lowest BCUT2D eigenvalue weighted by Crippen LogP contribution is -2.13. The number of aliphatic hydroxyl groups excluding tert-OH is 1. The zero-order valence-corrected chi connectivity index (χ0v) is 11.5. The number of aliphatic hydroxyl groups is 1. The Labute approximate surface area is 123 Å². The molecular weight excluding hydrogens is 262 g/mol. The third-order valence-corrected chi connectivity index (χ3v) is 3.53. The number of anilines is 2. The molecule has 0 radical (unpaired) electrons. The van der Waals surface area contributed by atoms with E-state index in [1.165, 1.54) is 0 Å². The Bertz CT molecular complexity index is 743. The summed E-state index contributed by atoms with van der Waals surface area (Å²) < 4.78 is 0. The summed E-state index contributed by atoms with van der Waals surface area (Å²) in [6.45, 7) is 0.408. The standard InChI is InChI=1S/C17H17N3O/c18-17-14-8-9-19-10-13(14)6-7-15(17)20-11-16(21)12-4-2-1-3-5-12/h1-10,16,20-21H,11,18H2. The summed E-state index contributed by atoms with van der Waals surface area (Å²) in [6.07, 6.45) is 2.94. The molecule has 3 aromatic rings. The van der Waals surface area contributed by atoms with Crippen LogP contribution in [-0.4, -0.2) is 16.6 Å². The fourth-order valence-corrected chi connectivity index (χ4v) is 2.35. The Morgan fingerprint density at radius 1 is 1.10 bits per heavy atom. The highest BCUT2D eigenvalue weighted by molar-refractivity contribution is 5.98. The minimum atomic E-state index is -0.571. The number of rotatable bonds is 4. The van der Waals surface area contributed by atoms with E-state index in [1.807, 2.05) is 48.5 Å². The molecule has 4 heteroatoms. The lowest BCUT2D eigenvalue weighted by Gasteiger charge is -2.15. The first kappa shape index (κ1) is 13.4. The minimum Gasteiger partial charge on any atom is -0.397 e. The van der Waals surface area contributed by atoms with Crippen LogP contribution < -0.4 is 11.1 Å². The zero-order chi connectivity index (χ0) is 14.7. The van der Waals surface area contributed by atoms with Crippen molar-refractivity contribution in [2.75, 3.05) is 17.6 Å². The van der Waals surface area contributed by atoms with E-state index in [4.69, 9.17) is 5.73 Å². The van der Waals surface area contributed by atoms with Crippen molar-refractivity contribution >= 4 is 22.1 Å². The van der Waals surface area contributed by atoms with Gasteiger partial charge >= 0.3 is 0 Å². The number of nitrogens with two attached hydrogens (primary N) is 1. The fraction of sp³-hybridized carbons (Fsp3) is 0.118. The Hall–Kier alpha value is -2.59. The van der Waals surface area contributed by atoms with Gasteiger partial charge in [0.15, 0.2) is 0 Å². The van der Waals surface area contributed by atoms with E-state index in [-0.39, 0.29) is 0 Å². The summed E-state index contributed by atoms with van der Waals surface area (Å²) >= 11 is 0. The highest BCUT2D eigenvalue weighted by Gasteiger charge is 2.09. The molecule has 0 aliphatic rings. The zero-order valence-electron chi connectivity index (χ0n) is 11.5. The molecule has 0 amide bonds. The van der Waals surface area contributed by atoms with E-state index in [9.17, 15) is 5.11 Å². The van der Waals surface area contributed by atoms with Crippen molar-refractivity contribution < 1.29 is 5.11 Å². The van der Waals surface area contributed by atoms with Gasteiger partial charge in [0.1, 0.15) is 0 Å². The van der Waals surface area contributed by atoms with Crippen molar-refractivity contribution in [3.63, 3.8) is 0 Å². The average molecular weight is 279 g/mol. The maximum atomic E-state index is 10.2. The molecule has 21 heavy (non-hydrogen) atoms. The first-order valence-corrected chi connectivity index (χ1v) is 6.85. The van der Waals surface area contributed by atoms with Gasteiger partial charge < -0.3 is 16.2 Å². The number of aromatic nitrogens is 1. The molecule has 1 heterocycles. The number of nitrogens with one attached hydrogen (secondary N) is 1. The minimum absolute atomic E-state index is 0.408. The highest BCUT2D eigenvalue weighted by Crippen LogP contribution is 2.28. The Morgan fingerprint density at radius 3 is 2.71 bits per heavy atom. The summed E-state index contributed by atoms with van der Waals surface area (Å²) in [6, 6.07) is 15.3. The molecule has 1 unspecified atom stereocenters. The summed E-state index contributed by atoms with van der Waals surface area (Å²) in [5.74, 6) is 0. The summed E-state index contributed by atoms with van der Waals surface area (Å²) in [4.78, 5) is 4.08. The van der Waals surface area contributed by atoms with Gasteiger partial charge in [0.25, 0.3) is 0 Å².